The highest BCUT2D eigenvalue weighted by molar-refractivity contribution is 5.95. The van der Waals surface area contributed by atoms with Crippen LogP contribution in [0.4, 0.5) is 4.39 Å². The molecule has 3 rings (SSSR count). The highest BCUT2D eigenvalue weighted by Crippen LogP contribution is 2.20. The summed E-state index contributed by atoms with van der Waals surface area (Å²) in [5, 5.41) is 9.80. The summed E-state index contributed by atoms with van der Waals surface area (Å²) >= 11 is 0. The van der Waals surface area contributed by atoms with Crippen molar-refractivity contribution in [2.24, 2.45) is 0 Å². The first-order chi connectivity index (χ1) is 10.1. The second kappa shape index (κ2) is 5.05. The van der Waals surface area contributed by atoms with Crippen molar-refractivity contribution in [2.45, 2.75) is 13.1 Å². The largest absolute Gasteiger partial charge is 0.503 e. The van der Waals surface area contributed by atoms with Crippen LogP contribution in [0.15, 0.2) is 41.3 Å². The number of amides is 1. The standard InChI is InChI=1S/C15H13FN2O3/c16-11-3-1-10(2-4-11)9-18-8-7-17-6-5-12(19)14(20)13(17)15(18)21/h1-6,20H,7-9H2. The van der Waals surface area contributed by atoms with Gasteiger partial charge in [0.1, 0.15) is 5.82 Å². The zero-order valence-electron chi connectivity index (χ0n) is 11.1. The summed E-state index contributed by atoms with van der Waals surface area (Å²) in [6.45, 7) is 1.27. The maximum atomic E-state index is 12.9. The Morgan fingerprint density at radius 1 is 1.10 bits per heavy atom. The number of nitrogens with zero attached hydrogens (tertiary/aromatic N) is 2. The van der Waals surface area contributed by atoms with E-state index in [1.165, 1.54) is 29.3 Å². The number of carbonyl (C=O) groups is 1. The lowest BCUT2D eigenvalue weighted by molar-refractivity contribution is 0.0683. The molecule has 0 saturated heterocycles. The molecule has 6 heteroatoms. The number of aromatic hydroxyl groups is 1. The molecule has 1 aliphatic rings. The number of pyridine rings is 1. The van der Waals surface area contributed by atoms with Crippen molar-refractivity contribution >= 4 is 5.91 Å². The summed E-state index contributed by atoms with van der Waals surface area (Å²) in [6, 6.07) is 7.12. The molecule has 5 nitrogen and oxygen atoms in total. The van der Waals surface area contributed by atoms with Gasteiger partial charge in [-0.3, -0.25) is 9.59 Å². The SMILES string of the molecule is O=C1c2c(O)c(=O)ccn2CCN1Cc1ccc(F)cc1. The second-order valence-corrected chi connectivity index (χ2v) is 4.92. The first kappa shape index (κ1) is 13.4. The second-order valence-electron chi connectivity index (χ2n) is 4.92. The molecule has 0 unspecified atom stereocenters. The summed E-state index contributed by atoms with van der Waals surface area (Å²) in [7, 11) is 0. The predicted molar refractivity (Wildman–Crippen MR) is 73.5 cm³/mol. The highest BCUT2D eigenvalue weighted by Gasteiger charge is 2.27. The summed E-state index contributed by atoms with van der Waals surface area (Å²) in [5.41, 5.74) is 0.227. The van der Waals surface area contributed by atoms with Crippen LogP contribution in [0.25, 0.3) is 0 Å². The van der Waals surface area contributed by atoms with Crippen LogP contribution < -0.4 is 5.43 Å². The minimum Gasteiger partial charge on any atom is -0.503 e. The number of rotatable bonds is 2. The molecule has 1 aromatic carbocycles. The van der Waals surface area contributed by atoms with Crippen LogP contribution in [-0.2, 0) is 13.1 Å². The molecule has 0 atom stereocenters. The summed E-state index contributed by atoms with van der Waals surface area (Å²) in [4.78, 5) is 25.4. The molecule has 2 aromatic rings. The van der Waals surface area contributed by atoms with Crippen molar-refractivity contribution in [3.8, 4) is 5.75 Å². The normalized spacial score (nSPS) is 14.1. The van der Waals surface area contributed by atoms with Crippen molar-refractivity contribution in [1.29, 1.82) is 0 Å². The van der Waals surface area contributed by atoms with Gasteiger partial charge in [-0.05, 0) is 17.7 Å². The zero-order chi connectivity index (χ0) is 15.0. The van der Waals surface area contributed by atoms with Gasteiger partial charge in [-0.2, -0.15) is 0 Å². The Bertz CT molecular complexity index is 753. The van der Waals surface area contributed by atoms with Gasteiger partial charge < -0.3 is 14.6 Å². The maximum Gasteiger partial charge on any atom is 0.274 e. The summed E-state index contributed by atoms with van der Waals surface area (Å²) in [6.07, 6.45) is 1.50. The lowest BCUT2D eigenvalue weighted by Crippen LogP contribution is -2.41. The van der Waals surface area contributed by atoms with Gasteiger partial charge in [-0.25, -0.2) is 4.39 Å². The topological polar surface area (TPSA) is 62.5 Å². The monoisotopic (exact) mass is 288 g/mol. The molecule has 0 saturated carbocycles. The Kier molecular flexibility index (Phi) is 3.21. The molecule has 2 heterocycles. The molecular formula is C15H13FN2O3. The Balaban J connectivity index is 1.90. The molecule has 0 bridgehead atoms. The van der Waals surface area contributed by atoms with E-state index >= 15 is 0 Å². The van der Waals surface area contributed by atoms with E-state index in [9.17, 15) is 19.1 Å². The van der Waals surface area contributed by atoms with Crippen LogP contribution in [0.3, 0.4) is 0 Å². The number of hydrogen-bond acceptors (Lipinski definition) is 3. The van der Waals surface area contributed by atoms with E-state index in [1.807, 2.05) is 0 Å². The van der Waals surface area contributed by atoms with Crippen LogP contribution >= 0.6 is 0 Å². The fraction of sp³-hybridized carbons (Fsp3) is 0.200. The third-order valence-electron chi connectivity index (χ3n) is 3.54. The minimum absolute atomic E-state index is 0.0101. The fourth-order valence-electron chi connectivity index (χ4n) is 2.42. The molecule has 1 N–H and O–H groups in total. The molecule has 1 aliphatic heterocycles. The number of aromatic nitrogens is 1. The predicted octanol–water partition coefficient (Wildman–Crippen LogP) is 1.35. The van der Waals surface area contributed by atoms with Gasteiger partial charge in [0.15, 0.2) is 11.4 Å². The van der Waals surface area contributed by atoms with Crippen molar-refractivity contribution in [1.82, 2.24) is 9.47 Å². The summed E-state index contributed by atoms with van der Waals surface area (Å²) < 4.78 is 14.5. The minimum atomic E-state index is -0.571. The molecule has 108 valence electrons. The molecule has 1 amide bonds. The quantitative estimate of drug-likeness (QED) is 0.907. The smallest absolute Gasteiger partial charge is 0.274 e. The fourth-order valence-corrected chi connectivity index (χ4v) is 2.42. The third kappa shape index (κ3) is 2.40. The Labute approximate surface area is 119 Å². The average molecular weight is 288 g/mol. The average Bonchev–Trinajstić information content (AvgIpc) is 2.48. The van der Waals surface area contributed by atoms with Crippen molar-refractivity contribution < 1.29 is 14.3 Å². The first-order valence-electron chi connectivity index (χ1n) is 6.52. The van der Waals surface area contributed by atoms with Gasteiger partial charge in [0, 0.05) is 31.9 Å². The lowest BCUT2D eigenvalue weighted by atomic mass is 10.1. The molecule has 0 fully saturated rings. The van der Waals surface area contributed by atoms with Crippen LogP contribution in [0.1, 0.15) is 16.1 Å². The molecule has 21 heavy (non-hydrogen) atoms. The molecular weight excluding hydrogens is 275 g/mol. The summed E-state index contributed by atoms with van der Waals surface area (Å²) in [5.74, 6) is -1.26. The Morgan fingerprint density at radius 3 is 2.52 bits per heavy atom. The highest BCUT2D eigenvalue weighted by atomic mass is 19.1. The van der Waals surface area contributed by atoms with Gasteiger partial charge in [0.2, 0.25) is 5.43 Å². The van der Waals surface area contributed by atoms with E-state index in [1.54, 1.807) is 16.7 Å². The lowest BCUT2D eigenvalue weighted by Gasteiger charge is -2.30. The maximum absolute atomic E-state index is 12.9. The van der Waals surface area contributed by atoms with E-state index < -0.39 is 17.1 Å². The van der Waals surface area contributed by atoms with Crippen LogP contribution in [0.2, 0.25) is 0 Å². The van der Waals surface area contributed by atoms with E-state index in [0.29, 0.717) is 19.6 Å². The van der Waals surface area contributed by atoms with Crippen molar-refractivity contribution in [2.75, 3.05) is 6.54 Å². The molecule has 0 aliphatic carbocycles. The Hall–Kier alpha value is -2.63. The van der Waals surface area contributed by atoms with Crippen molar-refractivity contribution in [3.63, 3.8) is 0 Å². The van der Waals surface area contributed by atoms with Gasteiger partial charge in [-0.1, -0.05) is 12.1 Å². The van der Waals surface area contributed by atoms with Gasteiger partial charge in [0.05, 0.1) is 0 Å². The van der Waals surface area contributed by atoms with Gasteiger partial charge >= 0.3 is 0 Å². The number of benzene rings is 1. The van der Waals surface area contributed by atoms with Crippen LogP contribution in [0, 0.1) is 5.82 Å². The number of fused-ring (bicyclic) bond motifs is 1. The van der Waals surface area contributed by atoms with E-state index in [0.717, 1.165) is 5.56 Å². The van der Waals surface area contributed by atoms with Crippen LogP contribution in [0.5, 0.6) is 5.75 Å². The number of carbonyl (C=O) groups excluding carboxylic acids is 1. The Morgan fingerprint density at radius 2 is 1.81 bits per heavy atom. The van der Waals surface area contributed by atoms with Gasteiger partial charge in [0.25, 0.3) is 5.91 Å². The van der Waals surface area contributed by atoms with Crippen LogP contribution in [-0.4, -0.2) is 27.0 Å². The van der Waals surface area contributed by atoms with E-state index in [4.69, 9.17) is 0 Å². The van der Waals surface area contributed by atoms with E-state index in [-0.39, 0.29) is 11.5 Å². The number of halogens is 1. The zero-order valence-corrected chi connectivity index (χ0v) is 11.1. The third-order valence-corrected chi connectivity index (χ3v) is 3.54. The molecule has 0 radical (unpaired) electrons. The van der Waals surface area contributed by atoms with Gasteiger partial charge in [-0.15, -0.1) is 0 Å². The number of hydrogen-bond donors (Lipinski definition) is 1. The molecule has 0 spiro atoms. The first-order valence-corrected chi connectivity index (χ1v) is 6.52. The van der Waals surface area contributed by atoms with Crippen molar-refractivity contribution in [3.05, 3.63) is 63.8 Å². The van der Waals surface area contributed by atoms with E-state index in [2.05, 4.69) is 0 Å². The molecule has 1 aromatic heterocycles.